The molecule has 0 saturated heterocycles. The maximum absolute atomic E-state index is 14.7. The quantitative estimate of drug-likeness (QED) is 0.170. The average Bonchev–Trinajstić information content (AvgIpc) is 3.67. The molecule has 0 bridgehead atoms. The van der Waals surface area contributed by atoms with E-state index in [0.717, 1.165) is 25.5 Å². The number of benzene rings is 2. The Morgan fingerprint density at radius 2 is 1.02 bits per heavy atom. The van der Waals surface area contributed by atoms with Crippen LogP contribution in [0.15, 0.2) is 60.9 Å². The van der Waals surface area contributed by atoms with E-state index in [2.05, 4.69) is 61.5 Å². The Kier molecular flexibility index (Phi) is 10.2. The summed E-state index contributed by atoms with van der Waals surface area (Å²) in [5.74, 6) is 0.203. The van der Waals surface area contributed by atoms with Gasteiger partial charge in [0.1, 0.15) is 17.5 Å². The van der Waals surface area contributed by atoms with Gasteiger partial charge in [0, 0.05) is 34.4 Å². The van der Waals surface area contributed by atoms with Crippen LogP contribution in [-0.2, 0) is 10.8 Å². The second kappa shape index (κ2) is 13.9. The number of hydrogen-bond donors (Lipinski definition) is 0. The van der Waals surface area contributed by atoms with Crippen molar-refractivity contribution in [1.82, 2.24) is 29.9 Å². The van der Waals surface area contributed by atoms with Gasteiger partial charge in [0.25, 0.3) is 0 Å². The number of hydrogen-bond acceptors (Lipinski definition) is 8. The predicted octanol–water partition coefficient (Wildman–Crippen LogP) is 11.0. The van der Waals surface area contributed by atoms with Crippen molar-refractivity contribution in [1.29, 1.82) is 0 Å². The third-order valence-electron chi connectivity index (χ3n) is 7.30. The zero-order chi connectivity index (χ0) is 35.0. The third kappa shape index (κ3) is 7.66. The highest BCUT2D eigenvalue weighted by atomic mass is 35.5. The molecule has 0 spiro atoms. The summed E-state index contributed by atoms with van der Waals surface area (Å²) in [7, 11) is 0. The Morgan fingerprint density at radius 1 is 0.583 bits per heavy atom. The lowest BCUT2D eigenvalue weighted by molar-refractivity contribution is 0.585. The summed E-state index contributed by atoms with van der Waals surface area (Å²) in [4.78, 5) is 28.1. The van der Waals surface area contributed by atoms with Crippen LogP contribution < -0.4 is 0 Å². The molecule has 0 saturated carbocycles. The monoisotopic (exact) mass is 702 g/mol. The van der Waals surface area contributed by atoms with Gasteiger partial charge >= 0.3 is 0 Å². The van der Waals surface area contributed by atoms with Gasteiger partial charge in [-0.05, 0) is 67.8 Å². The van der Waals surface area contributed by atoms with Crippen LogP contribution >= 0.6 is 34.3 Å². The van der Waals surface area contributed by atoms with Crippen LogP contribution in [0.25, 0.3) is 43.7 Å². The fourth-order valence-electron chi connectivity index (χ4n) is 4.70. The molecule has 4 heterocycles. The number of aryl methyl sites for hydroxylation is 3. The highest BCUT2D eigenvalue weighted by Gasteiger charge is 2.27. The molecule has 48 heavy (non-hydrogen) atoms. The Hall–Kier alpha value is -3.99. The summed E-state index contributed by atoms with van der Waals surface area (Å²) in [6.45, 7) is 17.9. The Bertz CT molecular complexity index is 1940. The largest absolute Gasteiger partial charge is 0.242 e. The van der Waals surface area contributed by atoms with E-state index in [9.17, 15) is 8.78 Å². The number of thiazole rings is 2. The lowest BCUT2D eigenvalue weighted by Crippen LogP contribution is -2.10. The van der Waals surface area contributed by atoms with Crippen LogP contribution in [0.3, 0.4) is 0 Å². The zero-order valence-electron chi connectivity index (χ0n) is 28.4. The fraction of sp³-hybridized carbons (Fsp3) is 0.297. The molecule has 248 valence electrons. The van der Waals surface area contributed by atoms with Crippen LogP contribution in [0.4, 0.5) is 8.78 Å². The van der Waals surface area contributed by atoms with Crippen LogP contribution in [0, 0.1) is 32.4 Å². The molecular formula is C37H37ClF2N6S2. The number of rotatable bonds is 4. The maximum Gasteiger partial charge on any atom is 0.222 e. The van der Waals surface area contributed by atoms with Crippen molar-refractivity contribution in [2.75, 3.05) is 0 Å². The molecular weight excluding hydrogens is 666 g/mol. The van der Waals surface area contributed by atoms with Gasteiger partial charge < -0.3 is 0 Å². The standard InChI is InChI=1S/C19H20FN3S.C18H17ClFN3S/c1-11-7-6-8-13(15(11)20)16-17(14-9-10-21-12(2)22-14)24-18(23-16)19(3,4)5;1-10-6-5-7-11(13(10)20)14-15(12-8-9-21-17(19)22-12)24-16(23-14)18(2,3)4/h6-10H,1-5H3;5-9H,1-4H3. The van der Waals surface area contributed by atoms with Gasteiger partial charge in [0.2, 0.25) is 5.28 Å². The van der Waals surface area contributed by atoms with Gasteiger partial charge in [-0.25, -0.2) is 38.7 Å². The summed E-state index contributed by atoms with van der Waals surface area (Å²) in [6, 6.07) is 14.4. The second-order valence-corrected chi connectivity index (χ2v) is 15.8. The predicted molar refractivity (Wildman–Crippen MR) is 194 cm³/mol. The van der Waals surface area contributed by atoms with Crippen molar-refractivity contribution < 1.29 is 8.78 Å². The van der Waals surface area contributed by atoms with E-state index in [0.29, 0.717) is 45.2 Å². The minimum absolute atomic E-state index is 0.111. The number of halogens is 3. The molecule has 6 aromatic rings. The highest BCUT2D eigenvalue weighted by molar-refractivity contribution is 7.16. The molecule has 0 N–H and O–H groups in total. The van der Waals surface area contributed by atoms with E-state index in [-0.39, 0.29) is 27.7 Å². The van der Waals surface area contributed by atoms with Crippen molar-refractivity contribution in [3.63, 3.8) is 0 Å². The van der Waals surface area contributed by atoms with Crippen LogP contribution in [-0.4, -0.2) is 29.9 Å². The molecule has 0 atom stereocenters. The Labute approximate surface area is 293 Å². The maximum atomic E-state index is 14.7. The molecule has 4 aromatic heterocycles. The van der Waals surface area contributed by atoms with Crippen molar-refractivity contribution in [2.45, 2.75) is 73.1 Å². The summed E-state index contributed by atoms with van der Waals surface area (Å²) in [5, 5.41) is 2.04. The third-order valence-corrected chi connectivity index (χ3v) is 10.5. The molecule has 11 heteroatoms. The molecule has 0 unspecified atom stereocenters. The summed E-state index contributed by atoms with van der Waals surface area (Å²) in [5.41, 5.74) is 4.64. The number of nitrogens with zero attached hydrogens (tertiary/aromatic N) is 6. The van der Waals surface area contributed by atoms with Gasteiger partial charge in [0.05, 0.1) is 42.5 Å². The minimum Gasteiger partial charge on any atom is -0.242 e. The highest BCUT2D eigenvalue weighted by Crippen LogP contribution is 2.42. The van der Waals surface area contributed by atoms with Gasteiger partial charge in [-0.2, -0.15) is 0 Å². The second-order valence-electron chi connectivity index (χ2n) is 13.5. The zero-order valence-corrected chi connectivity index (χ0v) is 30.8. The van der Waals surface area contributed by atoms with Gasteiger partial charge in [-0.3, -0.25) is 0 Å². The summed E-state index contributed by atoms with van der Waals surface area (Å²) >= 11 is 9.01. The topological polar surface area (TPSA) is 77.3 Å². The molecule has 0 fully saturated rings. The number of aromatic nitrogens is 6. The molecule has 0 aliphatic heterocycles. The van der Waals surface area contributed by atoms with E-state index < -0.39 is 0 Å². The van der Waals surface area contributed by atoms with Crippen molar-refractivity contribution in [3.8, 4) is 43.7 Å². The molecule has 0 radical (unpaired) electrons. The lowest BCUT2D eigenvalue weighted by Gasteiger charge is -2.13. The van der Waals surface area contributed by atoms with Crippen molar-refractivity contribution >= 4 is 34.3 Å². The minimum atomic E-state index is -0.260. The van der Waals surface area contributed by atoms with Gasteiger partial charge in [-0.15, -0.1) is 22.7 Å². The van der Waals surface area contributed by atoms with Crippen molar-refractivity contribution in [2.24, 2.45) is 0 Å². The van der Waals surface area contributed by atoms with Crippen LogP contribution in [0.2, 0.25) is 5.28 Å². The van der Waals surface area contributed by atoms with E-state index in [1.54, 1.807) is 67.9 Å². The first-order valence-electron chi connectivity index (χ1n) is 15.4. The van der Waals surface area contributed by atoms with Crippen LogP contribution in [0.5, 0.6) is 0 Å². The van der Waals surface area contributed by atoms with Crippen LogP contribution in [0.1, 0.15) is 68.5 Å². The SMILES string of the molecule is Cc1cccc(-c2nc(C(C)(C)C)sc2-c2ccnc(Cl)n2)c1F.Cc1nccc(-c2sc(C(C)(C)C)nc2-c2cccc(C)c2F)n1. The smallest absolute Gasteiger partial charge is 0.222 e. The molecule has 6 rings (SSSR count). The summed E-state index contributed by atoms with van der Waals surface area (Å²) in [6.07, 6.45) is 3.32. The first-order chi connectivity index (χ1) is 22.5. The van der Waals surface area contributed by atoms with Crippen molar-refractivity contribution in [3.05, 3.63) is 105 Å². The first-order valence-corrected chi connectivity index (χ1v) is 17.4. The van der Waals surface area contributed by atoms with E-state index in [1.807, 2.05) is 25.1 Å². The molecule has 0 amide bonds. The molecule has 2 aromatic carbocycles. The normalized spacial score (nSPS) is 11.8. The molecule has 0 aliphatic rings. The van der Waals surface area contributed by atoms with E-state index in [1.165, 1.54) is 11.3 Å². The van der Waals surface area contributed by atoms with Gasteiger partial charge in [-0.1, -0.05) is 65.8 Å². The Balaban J connectivity index is 0.000000188. The van der Waals surface area contributed by atoms with Gasteiger partial charge in [0.15, 0.2) is 0 Å². The fourth-order valence-corrected chi connectivity index (χ4v) is 7.06. The molecule has 6 nitrogen and oxygen atoms in total. The average molecular weight is 703 g/mol. The Morgan fingerprint density at radius 3 is 1.44 bits per heavy atom. The molecule has 0 aliphatic carbocycles. The van der Waals surface area contributed by atoms with E-state index in [4.69, 9.17) is 21.6 Å². The van der Waals surface area contributed by atoms with E-state index >= 15 is 0 Å². The lowest BCUT2D eigenvalue weighted by atomic mass is 9.98. The summed E-state index contributed by atoms with van der Waals surface area (Å²) < 4.78 is 29.4. The first kappa shape index (κ1) is 35.3.